The lowest BCUT2D eigenvalue weighted by atomic mass is 9.95. The van der Waals surface area contributed by atoms with Crippen LogP contribution in [0.25, 0.3) is 0 Å². The molecule has 26 heavy (non-hydrogen) atoms. The van der Waals surface area contributed by atoms with Crippen molar-refractivity contribution < 1.29 is 27.4 Å². The van der Waals surface area contributed by atoms with E-state index >= 15 is 0 Å². The van der Waals surface area contributed by atoms with Crippen LogP contribution in [-0.2, 0) is 10.2 Å². The van der Waals surface area contributed by atoms with Gasteiger partial charge in [-0.2, -0.15) is 13.2 Å². The smallest absolute Gasteiger partial charge is 0.398 e. The first-order chi connectivity index (χ1) is 12.3. The summed E-state index contributed by atoms with van der Waals surface area (Å²) in [6.45, 7) is 3.81. The minimum atomic E-state index is -4.23. The SMILES string of the molecule is CCOC(=O)c1ccc(Oc2ccc(C3(C(F)(F)F)CC3)cc2)c(C)c1. The molecule has 0 saturated heterocycles. The first-order valence-electron chi connectivity index (χ1n) is 8.40. The Kier molecular flexibility index (Phi) is 4.69. The number of hydrogen-bond acceptors (Lipinski definition) is 3. The Labute approximate surface area is 149 Å². The lowest BCUT2D eigenvalue weighted by Gasteiger charge is -2.20. The van der Waals surface area contributed by atoms with Crippen LogP contribution in [-0.4, -0.2) is 18.8 Å². The molecular formula is C20H19F3O3. The largest absolute Gasteiger partial charge is 0.462 e. The van der Waals surface area contributed by atoms with E-state index in [0.717, 1.165) is 5.56 Å². The highest BCUT2D eigenvalue weighted by Crippen LogP contribution is 2.59. The van der Waals surface area contributed by atoms with Crippen LogP contribution in [0.15, 0.2) is 42.5 Å². The summed E-state index contributed by atoms with van der Waals surface area (Å²) in [6.07, 6.45) is -3.97. The van der Waals surface area contributed by atoms with Crippen molar-refractivity contribution in [2.75, 3.05) is 6.61 Å². The second-order valence-electron chi connectivity index (χ2n) is 6.41. The van der Waals surface area contributed by atoms with Gasteiger partial charge < -0.3 is 9.47 Å². The van der Waals surface area contributed by atoms with E-state index in [1.807, 2.05) is 0 Å². The zero-order valence-electron chi connectivity index (χ0n) is 14.5. The fourth-order valence-electron chi connectivity index (χ4n) is 2.94. The van der Waals surface area contributed by atoms with E-state index in [1.165, 1.54) is 12.1 Å². The van der Waals surface area contributed by atoms with Gasteiger partial charge in [0.25, 0.3) is 0 Å². The van der Waals surface area contributed by atoms with Crippen molar-refractivity contribution in [3.63, 3.8) is 0 Å². The Hall–Kier alpha value is -2.50. The van der Waals surface area contributed by atoms with Gasteiger partial charge in [-0.15, -0.1) is 0 Å². The molecule has 0 unspecified atom stereocenters. The average Bonchev–Trinajstić information content (AvgIpc) is 3.39. The van der Waals surface area contributed by atoms with Crippen LogP contribution in [0.2, 0.25) is 0 Å². The molecule has 1 aliphatic rings. The number of benzene rings is 2. The Morgan fingerprint density at radius 1 is 1.12 bits per heavy atom. The number of rotatable bonds is 5. The molecule has 0 spiro atoms. The van der Waals surface area contributed by atoms with Crippen LogP contribution >= 0.6 is 0 Å². The van der Waals surface area contributed by atoms with Crippen LogP contribution < -0.4 is 4.74 Å². The van der Waals surface area contributed by atoms with Gasteiger partial charge in [-0.05, 0) is 68.1 Å². The van der Waals surface area contributed by atoms with Crippen LogP contribution in [0, 0.1) is 6.92 Å². The number of aryl methyl sites for hydroxylation is 1. The third-order valence-electron chi connectivity index (χ3n) is 4.61. The molecule has 2 aromatic carbocycles. The van der Waals surface area contributed by atoms with Crippen molar-refractivity contribution in [3.8, 4) is 11.5 Å². The predicted octanol–water partition coefficient (Wildman–Crippen LogP) is 5.56. The number of alkyl halides is 3. The summed E-state index contributed by atoms with van der Waals surface area (Å²) in [5.74, 6) is 0.565. The van der Waals surface area contributed by atoms with E-state index in [2.05, 4.69) is 0 Å². The predicted molar refractivity (Wildman–Crippen MR) is 90.6 cm³/mol. The average molecular weight is 364 g/mol. The van der Waals surface area contributed by atoms with E-state index in [9.17, 15) is 18.0 Å². The molecule has 2 aromatic rings. The van der Waals surface area contributed by atoms with E-state index < -0.39 is 17.6 Å². The molecule has 1 aliphatic carbocycles. The molecule has 0 aliphatic heterocycles. The molecule has 0 amide bonds. The van der Waals surface area contributed by atoms with Crippen molar-refractivity contribution in [2.24, 2.45) is 0 Å². The lowest BCUT2D eigenvalue weighted by Crippen LogP contribution is -2.28. The highest BCUT2D eigenvalue weighted by atomic mass is 19.4. The highest BCUT2D eigenvalue weighted by Gasteiger charge is 2.64. The number of ether oxygens (including phenoxy) is 2. The summed E-state index contributed by atoms with van der Waals surface area (Å²) in [6, 6.07) is 10.9. The maximum Gasteiger partial charge on any atom is 0.398 e. The zero-order valence-corrected chi connectivity index (χ0v) is 14.5. The van der Waals surface area contributed by atoms with Gasteiger partial charge in [0.2, 0.25) is 0 Å². The summed E-state index contributed by atoms with van der Waals surface area (Å²) in [5, 5.41) is 0. The Balaban J connectivity index is 1.75. The van der Waals surface area contributed by atoms with Crippen LogP contribution in [0.3, 0.4) is 0 Å². The molecule has 6 heteroatoms. The van der Waals surface area contributed by atoms with E-state index in [0.29, 0.717) is 23.7 Å². The van der Waals surface area contributed by atoms with Gasteiger partial charge in [0.05, 0.1) is 17.6 Å². The maximum absolute atomic E-state index is 13.2. The first kappa shape index (κ1) is 18.3. The topological polar surface area (TPSA) is 35.5 Å². The zero-order chi connectivity index (χ0) is 18.9. The second kappa shape index (κ2) is 6.67. The normalized spacial score (nSPS) is 15.4. The van der Waals surface area contributed by atoms with Crippen molar-refractivity contribution in [1.29, 1.82) is 0 Å². The van der Waals surface area contributed by atoms with Gasteiger partial charge >= 0.3 is 12.1 Å². The van der Waals surface area contributed by atoms with Crippen LogP contribution in [0.4, 0.5) is 13.2 Å². The van der Waals surface area contributed by atoms with Crippen molar-refractivity contribution in [2.45, 2.75) is 38.3 Å². The molecule has 138 valence electrons. The van der Waals surface area contributed by atoms with E-state index in [-0.39, 0.29) is 18.4 Å². The Morgan fingerprint density at radius 3 is 2.27 bits per heavy atom. The molecule has 3 nitrogen and oxygen atoms in total. The standard InChI is InChI=1S/C20H19F3O3/c1-3-25-18(24)14-4-9-17(13(2)12-14)26-16-7-5-15(6-8-16)19(10-11-19)20(21,22)23/h4-9,12H,3,10-11H2,1-2H3. The highest BCUT2D eigenvalue weighted by molar-refractivity contribution is 5.89. The number of esters is 1. The molecule has 0 heterocycles. The second-order valence-corrected chi connectivity index (χ2v) is 6.41. The Bertz CT molecular complexity index is 806. The fourth-order valence-corrected chi connectivity index (χ4v) is 2.94. The number of halogens is 3. The number of carbonyl (C=O) groups is 1. The molecule has 0 N–H and O–H groups in total. The molecule has 0 aromatic heterocycles. The van der Waals surface area contributed by atoms with Crippen molar-refractivity contribution in [1.82, 2.24) is 0 Å². The van der Waals surface area contributed by atoms with Crippen LogP contribution in [0.1, 0.15) is 41.3 Å². The van der Waals surface area contributed by atoms with Crippen molar-refractivity contribution in [3.05, 3.63) is 59.2 Å². The third kappa shape index (κ3) is 3.41. The molecule has 0 bridgehead atoms. The number of carbonyl (C=O) groups excluding carboxylic acids is 1. The molecule has 0 atom stereocenters. The monoisotopic (exact) mass is 364 g/mol. The van der Waals surface area contributed by atoms with E-state index in [1.54, 1.807) is 44.2 Å². The molecule has 0 radical (unpaired) electrons. The minimum Gasteiger partial charge on any atom is -0.462 e. The van der Waals surface area contributed by atoms with Gasteiger partial charge in [0.15, 0.2) is 0 Å². The van der Waals surface area contributed by atoms with Gasteiger partial charge in [0.1, 0.15) is 11.5 Å². The molecular weight excluding hydrogens is 345 g/mol. The first-order valence-corrected chi connectivity index (χ1v) is 8.40. The molecule has 3 rings (SSSR count). The van der Waals surface area contributed by atoms with Gasteiger partial charge in [-0.1, -0.05) is 12.1 Å². The summed E-state index contributed by atoms with van der Waals surface area (Å²) >= 11 is 0. The fraction of sp³-hybridized carbons (Fsp3) is 0.350. The minimum absolute atomic E-state index is 0.130. The summed E-state index contributed by atoms with van der Waals surface area (Å²) in [5.41, 5.74) is -0.267. The van der Waals surface area contributed by atoms with Crippen molar-refractivity contribution >= 4 is 5.97 Å². The number of hydrogen-bond donors (Lipinski definition) is 0. The van der Waals surface area contributed by atoms with Gasteiger partial charge in [-0.3, -0.25) is 0 Å². The lowest BCUT2D eigenvalue weighted by molar-refractivity contribution is -0.160. The van der Waals surface area contributed by atoms with Crippen LogP contribution in [0.5, 0.6) is 11.5 Å². The van der Waals surface area contributed by atoms with Gasteiger partial charge in [0, 0.05) is 0 Å². The van der Waals surface area contributed by atoms with E-state index in [4.69, 9.17) is 9.47 Å². The maximum atomic E-state index is 13.2. The molecule has 1 fully saturated rings. The molecule has 1 saturated carbocycles. The summed E-state index contributed by atoms with van der Waals surface area (Å²) < 4.78 is 50.2. The summed E-state index contributed by atoms with van der Waals surface area (Å²) in [4.78, 5) is 11.7. The van der Waals surface area contributed by atoms with Gasteiger partial charge in [-0.25, -0.2) is 4.79 Å². The third-order valence-corrected chi connectivity index (χ3v) is 4.61. The Morgan fingerprint density at radius 2 is 1.77 bits per heavy atom. The quantitative estimate of drug-likeness (QED) is 0.652. The summed E-state index contributed by atoms with van der Waals surface area (Å²) in [7, 11) is 0.